The van der Waals surface area contributed by atoms with E-state index in [4.69, 9.17) is 21.1 Å². The quantitative estimate of drug-likeness (QED) is 0.463. The van der Waals surface area contributed by atoms with E-state index in [1.807, 2.05) is 0 Å². The topological polar surface area (TPSA) is 94.4 Å². The van der Waals surface area contributed by atoms with Gasteiger partial charge in [0, 0.05) is 16.8 Å². The number of halogens is 1. The molecule has 0 radical (unpaired) electrons. The fraction of sp³-hybridized carbons (Fsp3) is 0.111. The van der Waals surface area contributed by atoms with Gasteiger partial charge in [-0.05, 0) is 35.5 Å². The van der Waals surface area contributed by atoms with Gasteiger partial charge in [-0.2, -0.15) is 9.97 Å². The molecule has 1 aromatic carbocycles. The predicted octanol–water partition coefficient (Wildman–Crippen LogP) is 1.18. The molecule has 3 aromatic rings. The van der Waals surface area contributed by atoms with Crippen LogP contribution in [0.1, 0.15) is 11.8 Å². The van der Waals surface area contributed by atoms with Crippen LogP contribution in [0, 0.1) is 0 Å². The van der Waals surface area contributed by atoms with Gasteiger partial charge >= 0.3 is 35.5 Å². The van der Waals surface area contributed by atoms with Crippen LogP contribution in [0.25, 0.3) is 11.1 Å². The summed E-state index contributed by atoms with van der Waals surface area (Å²) >= 11 is 6.94. The molecule has 2 aromatic heterocycles. The molecule has 28 heavy (non-hydrogen) atoms. The van der Waals surface area contributed by atoms with E-state index in [9.17, 15) is 9.90 Å². The Labute approximate surface area is 194 Å². The van der Waals surface area contributed by atoms with Crippen LogP contribution < -0.4 is 39.0 Å². The van der Waals surface area contributed by atoms with Crippen molar-refractivity contribution >= 4 is 29.3 Å². The van der Waals surface area contributed by atoms with Crippen LogP contribution >= 0.6 is 23.4 Å². The van der Waals surface area contributed by atoms with Gasteiger partial charge in [-0.1, -0.05) is 23.7 Å². The molecule has 0 amide bonds. The smallest absolute Gasteiger partial charge is 1.00 e. The first-order chi connectivity index (χ1) is 13.0. The number of carbonyl (C=O) groups is 1. The first kappa shape index (κ1) is 22.4. The van der Waals surface area contributed by atoms with Crippen molar-refractivity contribution in [1.29, 1.82) is 0 Å². The molecule has 0 saturated heterocycles. The summed E-state index contributed by atoms with van der Waals surface area (Å²) in [5.41, 5.74) is 1.28. The Morgan fingerprint density at radius 2 is 1.71 bits per heavy atom. The number of hydrogen-bond acceptors (Lipinski definition) is 7. The first-order valence-electron chi connectivity index (χ1n) is 7.65. The van der Waals surface area contributed by atoms with E-state index in [2.05, 4.69) is 15.0 Å². The van der Waals surface area contributed by atoms with Crippen LogP contribution in [-0.2, 0) is 0 Å². The number of ether oxygens (including phenoxy) is 2. The van der Waals surface area contributed by atoms with Crippen molar-refractivity contribution < 1.29 is 50.4 Å². The summed E-state index contributed by atoms with van der Waals surface area (Å²) in [4.78, 5) is 24.6. The molecule has 0 atom stereocenters. The summed E-state index contributed by atoms with van der Waals surface area (Å²) in [5.74, 6) is -0.504. The number of methoxy groups -OCH3 is 2. The molecule has 2 heterocycles. The molecular formula is C18H15ClN3NaO4S. The fourth-order valence-corrected chi connectivity index (χ4v) is 3.30. The monoisotopic (exact) mass is 427 g/mol. The van der Waals surface area contributed by atoms with Crippen LogP contribution in [0.4, 0.5) is 0 Å². The first-order valence-corrected chi connectivity index (χ1v) is 8.84. The van der Waals surface area contributed by atoms with Gasteiger partial charge in [0.2, 0.25) is 16.9 Å². The van der Waals surface area contributed by atoms with Crippen molar-refractivity contribution in [3.63, 3.8) is 0 Å². The van der Waals surface area contributed by atoms with Crippen molar-refractivity contribution in [2.45, 2.75) is 10.2 Å². The number of rotatable bonds is 6. The Kier molecular flexibility index (Phi) is 8.09. The van der Waals surface area contributed by atoms with E-state index in [1.54, 1.807) is 30.3 Å². The van der Waals surface area contributed by atoms with E-state index in [1.165, 1.54) is 26.5 Å². The SMILES string of the molecule is COc1cc(OC)nc(Sc2nccc(-c3ccc(Cl)cc3)c2C(=O)O)n1.[H-].[Na+]. The largest absolute Gasteiger partial charge is 1.00 e. The predicted molar refractivity (Wildman–Crippen MR) is 102 cm³/mol. The minimum atomic E-state index is -1.11. The second-order valence-electron chi connectivity index (χ2n) is 5.19. The normalized spacial score (nSPS) is 10.1. The van der Waals surface area contributed by atoms with Gasteiger partial charge in [0.1, 0.15) is 5.03 Å². The minimum absolute atomic E-state index is 0. The number of aromatic carboxylic acids is 1. The van der Waals surface area contributed by atoms with Gasteiger partial charge < -0.3 is 16.0 Å². The Morgan fingerprint density at radius 1 is 1.11 bits per heavy atom. The molecule has 1 N–H and O–H groups in total. The van der Waals surface area contributed by atoms with Crippen molar-refractivity contribution in [3.05, 3.63) is 53.2 Å². The van der Waals surface area contributed by atoms with Gasteiger partial charge in [-0.3, -0.25) is 0 Å². The fourth-order valence-electron chi connectivity index (χ4n) is 2.32. The average molecular weight is 428 g/mol. The molecule has 10 heteroatoms. The number of carboxylic acid groups (broad SMARTS) is 1. The Morgan fingerprint density at radius 3 is 2.25 bits per heavy atom. The number of carboxylic acids is 1. The summed E-state index contributed by atoms with van der Waals surface area (Å²) in [6.07, 6.45) is 1.54. The van der Waals surface area contributed by atoms with Gasteiger partial charge in [0.25, 0.3) is 0 Å². The molecule has 3 rings (SSSR count). The molecule has 0 unspecified atom stereocenters. The molecule has 0 aliphatic rings. The number of benzene rings is 1. The summed E-state index contributed by atoms with van der Waals surface area (Å²) in [7, 11) is 2.94. The van der Waals surface area contributed by atoms with Crippen molar-refractivity contribution in [1.82, 2.24) is 15.0 Å². The van der Waals surface area contributed by atoms with Gasteiger partial charge in [0.15, 0.2) is 0 Å². The van der Waals surface area contributed by atoms with E-state index in [0.29, 0.717) is 27.9 Å². The second-order valence-corrected chi connectivity index (χ2v) is 6.58. The number of aromatic nitrogens is 3. The average Bonchev–Trinajstić information content (AvgIpc) is 2.67. The zero-order chi connectivity index (χ0) is 19.4. The summed E-state index contributed by atoms with van der Waals surface area (Å²) < 4.78 is 10.2. The summed E-state index contributed by atoms with van der Waals surface area (Å²) in [5, 5.41) is 10.9. The molecule has 0 aliphatic heterocycles. The zero-order valence-electron chi connectivity index (χ0n) is 16.3. The third-order valence-electron chi connectivity index (χ3n) is 3.55. The maximum atomic E-state index is 11.9. The third kappa shape index (κ3) is 5.15. The molecular weight excluding hydrogens is 413 g/mol. The Bertz CT molecular complexity index is 973. The zero-order valence-corrected chi connectivity index (χ0v) is 18.9. The standard InChI is InChI=1S/C18H14ClN3O4S.Na.H/c1-25-13-9-14(26-2)22-18(21-13)27-16-15(17(23)24)12(7-8-20-16)10-3-5-11(19)6-4-10;;/h3-9H,1-2H3,(H,23,24);;/q;+1;-1. The number of hydrogen-bond donors (Lipinski definition) is 1. The van der Waals surface area contributed by atoms with Gasteiger partial charge in [-0.15, -0.1) is 0 Å². The molecule has 0 fully saturated rings. The maximum absolute atomic E-state index is 11.9. The van der Waals surface area contributed by atoms with Crippen molar-refractivity contribution in [3.8, 4) is 22.9 Å². The molecule has 0 saturated carbocycles. The van der Waals surface area contributed by atoms with Crippen LogP contribution in [0.5, 0.6) is 11.8 Å². The summed E-state index contributed by atoms with van der Waals surface area (Å²) in [6.45, 7) is 0. The van der Waals surface area contributed by atoms with Crippen LogP contribution in [0.3, 0.4) is 0 Å². The van der Waals surface area contributed by atoms with Crippen LogP contribution in [-0.4, -0.2) is 40.2 Å². The number of nitrogens with zero attached hydrogens (tertiary/aromatic N) is 3. The molecule has 0 aliphatic carbocycles. The van der Waals surface area contributed by atoms with Crippen molar-refractivity contribution in [2.75, 3.05) is 14.2 Å². The summed E-state index contributed by atoms with van der Waals surface area (Å²) in [6, 6.07) is 10.1. The Hall–Kier alpha value is -1.84. The van der Waals surface area contributed by atoms with Gasteiger partial charge in [-0.25, -0.2) is 9.78 Å². The minimum Gasteiger partial charge on any atom is -1.00 e. The van der Waals surface area contributed by atoms with Crippen LogP contribution in [0.2, 0.25) is 5.02 Å². The van der Waals surface area contributed by atoms with E-state index >= 15 is 0 Å². The molecule has 0 spiro atoms. The third-order valence-corrected chi connectivity index (χ3v) is 4.67. The van der Waals surface area contributed by atoms with E-state index in [-0.39, 0.29) is 46.7 Å². The Balaban J connectivity index is 0.00000210. The molecule has 7 nitrogen and oxygen atoms in total. The van der Waals surface area contributed by atoms with Gasteiger partial charge in [0.05, 0.1) is 25.8 Å². The maximum Gasteiger partial charge on any atom is 1.00 e. The van der Waals surface area contributed by atoms with E-state index in [0.717, 1.165) is 11.8 Å². The van der Waals surface area contributed by atoms with Crippen molar-refractivity contribution in [2.24, 2.45) is 0 Å². The van der Waals surface area contributed by atoms with Crippen LogP contribution in [0.15, 0.2) is 52.8 Å². The molecule has 140 valence electrons. The molecule has 0 bridgehead atoms. The second kappa shape index (κ2) is 10.1. The number of pyridine rings is 1. The van der Waals surface area contributed by atoms with E-state index < -0.39 is 5.97 Å².